The molecule has 0 radical (unpaired) electrons. The molecule has 1 saturated carbocycles. The Morgan fingerprint density at radius 2 is 1.78 bits per heavy atom. The number of ether oxygens (including phenoxy) is 3. The van der Waals surface area contributed by atoms with Crippen LogP contribution in [-0.4, -0.2) is 84.8 Å². The van der Waals surface area contributed by atoms with E-state index in [0.29, 0.717) is 49.2 Å². The summed E-state index contributed by atoms with van der Waals surface area (Å²) in [5.41, 5.74) is -0.372. The van der Waals surface area contributed by atoms with E-state index in [1.165, 1.54) is 4.90 Å². The van der Waals surface area contributed by atoms with Gasteiger partial charge in [-0.05, 0) is 97.8 Å². The summed E-state index contributed by atoms with van der Waals surface area (Å²) in [7, 11) is 0. The number of rotatable bonds is 14. The standard InChI is InChI=1S/C38H60N4O7/c1-10-12-13-18-41-31-21-30(16-17-32(31)48-38(8,9)35(41)45)42(29-14-15-29)34(44)27-20-26(22-40(23-27)36(46)49-37(5,6)7)33(43)39-28(19-25(3)4)24-47-11-2/h16-17,21,25-29H,10-15,18-20,22-24H2,1-9H3,(H,39,43)/t26-,27+,28+/m0/s1. The van der Waals surface area contributed by atoms with Gasteiger partial charge in [0.05, 0.1) is 30.2 Å². The van der Waals surface area contributed by atoms with Crippen molar-refractivity contribution in [3.63, 3.8) is 0 Å². The lowest BCUT2D eigenvalue weighted by atomic mass is 9.87. The molecule has 2 heterocycles. The van der Waals surface area contributed by atoms with Crippen LogP contribution in [0.3, 0.4) is 0 Å². The van der Waals surface area contributed by atoms with Crippen molar-refractivity contribution in [1.29, 1.82) is 0 Å². The molecular formula is C38H60N4O7. The van der Waals surface area contributed by atoms with E-state index in [0.717, 1.165) is 38.5 Å². The number of anilines is 2. The zero-order valence-corrected chi connectivity index (χ0v) is 31.3. The number of benzene rings is 1. The smallest absolute Gasteiger partial charge is 0.410 e. The summed E-state index contributed by atoms with van der Waals surface area (Å²) in [6.07, 6.45) is 5.12. The molecule has 4 rings (SSSR count). The van der Waals surface area contributed by atoms with Gasteiger partial charge in [-0.25, -0.2) is 4.79 Å². The highest BCUT2D eigenvalue weighted by Crippen LogP contribution is 2.43. The fourth-order valence-electron chi connectivity index (χ4n) is 6.76. The largest absolute Gasteiger partial charge is 0.476 e. The second kappa shape index (κ2) is 16.1. The van der Waals surface area contributed by atoms with E-state index in [1.54, 1.807) is 39.5 Å². The maximum atomic E-state index is 14.6. The van der Waals surface area contributed by atoms with Gasteiger partial charge in [0.2, 0.25) is 11.8 Å². The van der Waals surface area contributed by atoms with Crippen molar-refractivity contribution in [3.8, 4) is 5.75 Å². The normalized spacial score (nSPS) is 21.1. The SMILES string of the molecule is CCCCCN1C(=O)C(C)(C)Oc2ccc(N(C(=O)[C@@H]3C[C@H](C(=O)N[C@@H](COCC)CC(C)C)CN(C(=O)OC(C)(C)C)C3)C3CC3)cc21. The van der Waals surface area contributed by atoms with E-state index < -0.39 is 29.1 Å². The van der Waals surface area contributed by atoms with Crippen LogP contribution in [0.15, 0.2) is 18.2 Å². The van der Waals surface area contributed by atoms with Crippen molar-refractivity contribution in [3.05, 3.63) is 18.2 Å². The third-order valence-corrected chi connectivity index (χ3v) is 9.22. The number of nitrogens with zero attached hydrogens (tertiary/aromatic N) is 3. The van der Waals surface area contributed by atoms with Gasteiger partial charge in [-0.1, -0.05) is 33.6 Å². The summed E-state index contributed by atoms with van der Waals surface area (Å²) in [5.74, 6) is -0.692. The Morgan fingerprint density at radius 1 is 1.08 bits per heavy atom. The van der Waals surface area contributed by atoms with E-state index in [2.05, 4.69) is 26.1 Å². The molecule has 11 heteroatoms. The van der Waals surface area contributed by atoms with E-state index in [4.69, 9.17) is 14.2 Å². The number of likely N-dealkylation sites (tertiary alicyclic amines) is 1. The summed E-state index contributed by atoms with van der Waals surface area (Å²) in [6, 6.07) is 5.46. The maximum Gasteiger partial charge on any atom is 0.410 e. The first-order chi connectivity index (χ1) is 23.0. The Hall–Kier alpha value is -3.34. The van der Waals surface area contributed by atoms with Gasteiger partial charge >= 0.3 is 6.09 Å². The highest BCUT2D eigenvalue weighted by Gasteiger charge is 2.45. The lowest BCUT2D eigenvalue weighted by Gasteiger charge is -2.40. The summed E-state index contributed by atoms with van der Waals surface area (Å²) in [4.78, 5) is 60.5. The number of hydrogen-bond donors (Lipinski definition) is 1. The zero-order chi connectivity index (χ0) is 36.1. The highest BCUT2D eigenvalue weighted by molar-refractivity contribution is 6.04. The number of carbonyl (C=O) groups is 4. The minimum absolute atomic E-state index is 0.00142. The molecule has 11 nitrogen and oxygen atoms in total. The van der Waals surface area contributed by atoms with E-state index in [-0.39, 0.29) is 42.9 Å². The molecule has 1 aromatic rings. The molecule has 0 bridgehead atoms. The summed E-state index contributed by atoms with van der Waals surface area (Å²) >= 11 is 0. The Balaban J connectivity index is 1.63. The number of amides is 4. The first-order valence-electron chi connectivity index (χ1n) is 18.4. The molecule has 1 N–H and O–H groups in total. The van der Waals surface area contributed by atoms with Crippen LogP contribution in [0, 0.1) is 17.8 Å². The second-order valence-electron chi connectivity index (χ2n) is 15.9. The first-order valence-corrected chi connectivity index (χ1v) is 18.4. The van der Waals surface area contributed by atoms with Crippen molar-refractivity contribution in [1.82, 2.24) is 10.2 Å². The number of carbonyl (C=O) groups excluding carboxylic acids is 4. The first kappa shape index (κ1) is 38.5. The minimum Gasteiger partial charge on any atom is -0.476 e. The number of piperidine rings is 1. The molecule has 4 amide bonds. The van der Waals surface area contributed by atoms with Gasteiger partial charge < -0.3 is 34.2 Å². The van der Waals surface area contributed by atoms with E-state index >= 15 is 0 Å². The van der Waals surface area contributed by atoms with Crippen molar-refractivity contribution >= 4 is 35.2 Å². The molecule has 1 aliphatic carbocycles. The van der Waals surface area contributed by atoms with Crippen LogP contribution in [-0.2, 0) is 23.9 Å². The molecule has 274 valence electrons. The molecular weight excluding hydrogens is 624 g/mol. The Labute approximate surface area is 293 Å². The van der Waals surface area contributed by atoms with Gasteiger partial charge in [-0.15, -0.1) is 0 Å². The zero-order valence-electron chi connectivity index (χ0n) is 31.3. The quantitative estimate of drug-likeness (QED) is 0.228. The lowest BCUT2D eigenvalue weighted by molar-refractivity contribution is -0.133. The van der Waals surface area contributed by atoms with Gasteiger partial charge in [-0.2, -0.15) is 0 Å². The van der Waals surface area contributed by atoms with Crippen LogP contribution >= 0.6 is 0 Å². The Morgan fingerprint density at radius 3 is 2.39 bits per heavy atom. The summed E-state index contributed by atoms with van der Waals surface area (Å²) in [5, 5.41) is 3.17. The van der Waals surface area contributed by atoms with Crippen molar-refractivity contribution < 1.29 is 33.4 Å². The van der Waals surface area contributed by atoms with Gasteiger partial charge in [0, 0.05) is 38.0 Å². The molecule has 0 aromatic heterocycles. The summed E-state index contributed by atoms with van der Waals surface area (Å²) < 4.78 is 17.5. The van der Waals surface area contributed by atoms with Crippen LogP contribution in [0.1, 0.15) is 107 Å². The van der Waals surface area contributed by atoms with Crippen LogP contribution in [0.5, 0.6) is 5.75 Å². The van der Waals surface area contributed by atoms with Crippen LogP contribution in [0.4, 0.5) is 16.2 Å². The number of nitrogens with one attached hydrogen (secondary N) is 1. The molecule has 2 fully saturated rings. The third kappa shape index (κ3) is 10.1. The fourth-order valence-corrected chi connectivity index (χ4v) is 6.76. The van der Waals surface area contributed by atoms with Crippen LogP contribution < -0.4 is 19.9 Å². The van der Waals surface area contributed by atoms with E-state index in [1.807, 2.05) is 30.0 Å². The number of unbranched alkanes of at least 4 members (excludes halogenated alkanes) is 2. The second-order valence-corrected chi connectivity index (χ2v) is 15.9. The van der Waals surface area contributed by atoms with Crippen LogP contribution in [0.2, 0.25) is 0 Å². The summed E-state index contributed by atoms with van der Waals surface area (Å²) in [6.45, 7) is 19.1. The van der Waals surface area contributed by atoms with Crippen LogP contribution in [0.25, 0.3) is 0 Å². The predicted molar refractivity (Wildman–Crippen MR) is 191 cm³/mol. The van der Waals surface area contributed by atoms with Crippen molar-refractivity contribution in [2.24, 2.45) is 17.8 Å². The number of fused-ring (bicyclic) bond motifs is 1. The monoisotopic (exact) mass is 684 g/mol. The Bertz CT molecular complexity index is 1340. The topological polar surface area (TPSA) is 118 Å². The molecule has 3 aliphatic rings. The van der Waals surface area contributed by atoms with Gasteiger partial charge in [0.25, 0.3) is 5.91 Å². The van der Waals surface area contributed by atoms with Gasteiger partial charge in [-0.3, -0.25) is 14.4 Å². The predicted octanol–water partition coefficient (Wildman–Crippen LogP) is 6.32. The molecule has 2 aliphatic heterocycles. The molecule has 0 spiro atoms. The molecule has 49 heavy (non-hydrogen) atoms. The maximum absolute atomic E-state index is 14.6. The lowest BCUT2D eigenvalue weighted by Crippen LogP contribution is -2.55. The Kier molecular flexibility index (Phi) is 12.7. The molecule has 3 atom stereocenters. The average molecular weight is 685 g/mol. The van der Waals surface area contributed by atoms with Gasteiger partial charge in [0.1, 0.15) is 11.4 Å². The number of hydrogen-bond acceptors (Lipinski definition) is 7. The molecule has 1 saturated heterocycles. The highest BCUT2D eigenvalue weighted by atomic mass is 16.6. The minimum atomic E-state index is -0.994. The van der Waals surface area contributed by atoms with Crippen molar-refractivity contribution in [2.45, 2.75) is 131 Å². The van der Waals surface area contributed by atoms with E-state index in [9.17, 15) is 19.2 Å². The molecule has 1 aromatic carbocycles. The van der Waals surface area contributed by atoms with Gasteiger partial charge in [0.15, 0.2) is 5.60 Å². The average Bonchev–Trinajstić information content (AvgIpc) is 3.86. The molecule has 0 unspecified atom stereocenters. The fraction of sp³-hybridized carbons (Fsp3) is 0.737. The van der Waals surface area contributed by atoms with Crippen molar-refractivity contribution in [2.75, 3.05) is 42.6 Å². The third-order valence-electron chi connectivity index (χ3n) is 9.22.